The van der Waals surface area contributed by atoms with Crippen LogP contribution in [0, 0.1) is 0 Å². The highest BCUT2D eigenvalue weighted by atomic mass is 16.3. The summed E-state index contributed by atoms with van der Waals surface area (Å²) in [6, 6.07) is 6.49. The Balaban J connectivity index is 1.99. The van der Waals surface area contributed by atoms with Crippen LogP contribution in [-0.2, 0) is 6.42 Å². The van der Waals surface area contributed by atoms with E-state index in [0.29, 0.717) is 6.54 Å². The molecule has 4 rings (SSSR count). The van der Waals surface area contributed by atoms with Gasteiger partial charge in [0.15, 0.2) is 0 Å². The highest BCUT2D eigenvalue weighted by molar-refractivity contribution is 5.98. The molecule has 2 aliphatic rings. The fraction of sp³-hybridized carbons (Fsp3) is 0.375. The number of rotatable bonds is 1. The van der Waals surface area contributed by atoms with Gasteiger partial charge in [0.05, 0.1) is 6.61 Å². The van der Waals surface area contributed by atoms with E-state index < -0.39 is 5.60 Å². The second-order valence-electron chi connectivity index (χ2n) is 6.04. The lowest BCUT2D eigenvalue weighted by molar-refractivity contribution is -0.00780. The van der Waals surface area contributed by atoms with E-state index in [0.717, 1.165) is 17.5 Å². The fourth-order valence-corrected chi connectivity index (χ4v) is 3.69. The minimum absolute atomic E-state index is 0.246. The van der Waals surface area contributed by atoms with Crippen molar-refractivity contribution in [2.24, 2.45) is 0 Å². The first-order chi connectivity index (χ1) is 9.61. The first kappa shape index (κ1) is 12.1. The Morgan fingerprint density at radius 1 is 1.45 bits per heavy atom. The third-order valence-corrected chi connectivity index (χ3v) is 4.62. The van der Waals surface area contributed by atoms with Crippen molar-refractivity contribution in [1.29, 1.82) is 0 Å². The van der Waals surface area contributed by atoms with E-state index in [1.54, 1.807) is 0 Å². The van der Waals surface area contributed by atoms with Gasteiger partial charge in [0, 0.05) is 29.7 Å². The van der Waals surface area contributed by atoms with E-state index >= 15 is 0 Å². The molecule has 0 saturated heterocycles. The monoisotopic (exact) mass is 270 g/mol. The van der Waals surface area contributed by atoms with Crippen molar-refractivity contribution in [2.75, 3.05) is 20.2 Å². The van der Waals surface area contributed by atoms with Gasteiger partial charge in [-0.25, -0.2) is 0 Å². The molecule has 3 N–H and O–H groups in total. The summed E-state index contributed by atoms with van der Waals surface area (Å²) in [6.07, 6.45) is 4.90. The lowest BCUT2D eigenvalue weighted by atomic mass is 9.79. The minimum Gasteiger partial charge on any atom is -0.393 e. The molecule has 1 aliphatic carbocycles. The van der Waals surface area contributed by atoms with Gasteiger partial charge < -0.3 is 15.2 Å². The van der Waals surface area contributed by atoms with Crippen LogP contribution in [0.15, 0.2) is 30.5 Å². The summed E-state index contributed by atoms with van der Waals surface area (Å²) in [5.74, 6) is 0. The highest BCUT2D eigenvalue weighted by Gasteiger charge is 2.39. The molecular formula is C16H18N2O2. The average Bonchev–Trinajstić information content (AvgIpc) is 2.85. The normalized spacial score (nSPS) is 29.4. The van der Waals surface area contributed by atoms with Crippen LogP contribution in [0.4, 0.5) is 0 Å². The molecule has 104 valence electrons. The van der Waals surface area contributed by atoms with Crippen molar-refractivity contribution < 1.29 is 10.2 Å². The quantitative estimate of drug-likeness (QED) is 0.728. The standard InChI is InChI=1S/C16H18N2O2/c1-18-8-16(20,9-19)6-12-11-3-2-4-13-15(11)10(7-17-13)5-14(12)18/h2-4,6-7,14,17,19-20H,5,8-9H2,1H3/t14?,16-/m1/s1. The number of hydrogen-bond acceptors (Lipinski definition) is 3. The molecule has 1 aliphatic heterocycles. The molecule has 0 spiro atoms. The molecule has 20 heavy (non-hydrogen) atoms. The third-order valence-electron chi connectivity index (χ3n) is 4.62. The van der Waals surface area contributed by atoms with Crippen LogP contribution in [0.1, 0.15) is 11.1 Å². The molecule has 0 bridgehead atoms. The highest BCUT2D eigenvalue weighted by Crippen LogP contribution is 2.41. The first-order valence-corrected chi connectivity index (χ1v) is 6.97. The van der Waals surface area contributed by atoms with Gasteiger partial charge in [0.2, 0.25) is 0 Å². The smallest absolute Gasteiger partial charge is 0.119 e. The van der Waals surface area contributed by atoms with E-state index in [1.807, 2.05) is 19.2 Å². The molecule has 2 atom stereocenters. The maximum absolute atomic E-state index is 10.5. The summed E-state index contributed by atoms with van der Waals surface area (Å²) in [5, 5.41) is 21.2. The Bertz CT molecular complexity index is 718. The van der Waals surface area contributed by atoms with Crippen molar-refractivity contribution >= 4 is 16.5 Å². The second-order valence-corrected chi connectivity index (χ2v) is 6.04. The zero-order valence-corrected chi connectivity index (χ0v) is 11.4. The van der Waals surface area contributed by atoms with Crippen molar-refractivity contribution in [2.45, 2.75) is 18.1 Å². The molecule has 2 aromatic rings. The van der Waals surface area contributed by atoms with E-state index in [4.69, 9.17) is 0 Å². The average molecular weight is 270 g/mol. The molecular weight excluding hydrogens is 252 g/mol. The number of hydrogen-bond donors (Lipinski definition) is 3. The molecule has 1 aromatic carbocycles. The van der Waals surface area contributed by atoms with Crippen LogP contribution in [0.5, 0.6) is 0 Å². The zero-order chi connectivity index (χ0) is 13.9. The predicted octanol–water partition coefficient (Wildman–Crippen LogP) is 1.14. The van der Waals surface area contributed by atoms with E-state index in [-0.39, 0.29) is 12.6 Å². The van der Waals surface area contributed by atoms with Crippen LogP contribution in [0.3, 0.4) is 0 Å². The third kappa shape index (κ3) is 1.53. The Morgan fingerprint density at radius 3 is 3.10 bits per heavy atom. The zero-order valence-electron chi connectivity index (χ0n) is 11.4. The number of likely N-dealkylation sites (N-methyl/N-ethyl adjacent to an activating group) is 1. The van der Waals surface area contributed by atoms with Gasteiger partial charge in [0.25, 0.3) is 0 Å². The van der Waals surface area contributed by atoms with Crippen molar-refractivity contribution in [3.8, 4) is 0 Å². The van der Waals surface area contributed by atoms with Gasteiger partial charge >= 0.3 is 0 Å². The fourth-order valence-electron chi connectivity index (χ4n) is 3.69. The van der Waals surface area contributed by atoms with Crippen LogP contribution in [-0.4, -0.2) is 51.9 Å². The van der Waals surface area contributed by atoms with Crippen molar-refractivity contribution in [3.63, 3.8) is 0 Å². The molecule has 1 unspecified atom stereocenters. The summed E-state index contributed by atoms with van der Waals surface area (Å²) in [4.78, 5) is 5.46. The molecule has 0 fully saturated rings. The van der Waals surface area contributed by atoms with Crippen LogP contribution < -0.4 is 0 Å². The number of aliphatic hydroxyl groups excluding tert-OH is 1. The summed E-state index contributed by atoms with van der Waals surface area (Å²) in [6.45, 7) is 0.219. The van der Waals surface area contributed by atoms with Crippen LogP contribution >= 0.6 is 0 Å². The Labute approximate surface area is 117 Å². The van der Waals surface area contributed by atoms with E-state index in [1.165, 1.54) is 16.5 Å². The Kier molecular flexibility index (Phi) is 2.40. The largest absolute Gasteiger partial charge is 0.393 e. The predicted molar refractivity (Wildman–Crippen MR) is 78.4 cm³/mol. The van der Waals surface area contributed by atoms with Crippen LogP contribution in [0.2, 0.25) is 0 Å². The lowest BCUT2D eigenvalue weighted by Crippen LogP contribution is -2.52. The van der Waals surface area contributed by atoms with Gasteiger partial charge in [-0.15, -0.1) is 0 Å². The number of aromatic nitrogens is 1. The van der Waals surface area contributed by atoms with E-state index in [9.17, 15) is 10.2 Å². The Morgan fingerprint density at radius 2 is 2.30 bits per heavy atom. The van der Waals surface area contributed by atoms with Gasteiger partial charge in [-0.3, -0.25) is 4.90 Å². The minimum atomic E-state index is -1.14. The molecule has 4 nitrogen and oxygen atoms in total. The maximum Gasteiger partial charge on any atom is 0.119 e. The second kappa shape index (κ2) is 3.95. The number of benzene rings is 1. The SMILES string of the molecule is CN1C[C@@](O)(CO)C=C2c3cccc4[nH]cc(c34)CC21. The molecule has 4 heteroatoms. The Hall–Kier alpha value is -1.62. The number of β-amino-alcohol motifs (C(OH)–C–C–N with tert-alkyl or cyclic N) is 1. The molecule has 1 aromatic heterocycles. The molecule has 2 heterocycles. The molecule has 0 amide bonds. The number of aromatic amines is 1. The number of nitrogens with one attached hydrogen (secondary N) is 1. The van der Waals surface area contributed by atoms with Gasteiger partial charge in [-0.1, -0.05) is 12.1 Å². The summed E-state index contributed by atoms with van der Waals surface area (Å²) in [7, 11) is 2.01. The number of fused-ring (bicyclic) bond motifs is 2. The first-order valence-electron chi connectivity index (χ1n) is 6.97. The number of nitrogens with zero attached hydrogens (tertiary/aromatic N) is 1. The van der Waals surface area contributed by atoms with Gasteiger partial charge in [-0.05, 0) is 42.3 Å². The number of aliphatic hydroxyl groups is 2. The lowest BCUT2D eigenvalue weighted by Gasteiger charge is -2.42. The van der Waals surface area contributed by atoms with E-state index in [2.05, 4.69) is 28.2 Å². The summed E-state index contributed by atoms with van der Waals surface area (Å²) < 4.78 is 0. The topological polar surface area (TPSA) is 59.5 Å². The summed E-state index contributed by atoms with van der Waals surface area (Å²) >= 11 is 0. The maximum atomic E-state index is 10.5. The summed E-state index contributed by atoms with van der Waals surface area (Å²) in [5.41, 5.74) is 3.63. The molecule has 0 radical (unpaired) electrons. The van der Waals surface area contributed by atoms with Crippen LogP contribution in [0.25, 0.3) is 16.5 Å². The molecule has 0 saturated carbocycles. The number of H-pyrrole nitrogens is 1. The van der Waals surface area contributed by atoms with Gasteiger partial charge in [-0.2, -0.15) is 0 Å². The van der Waals surface area contributed by atoms with Gasteiger partial charge in [0.1, 0.15) is 5.60 Å². The van der Waals surface area contributed by atoms with Crippen molar-refractivity contribution in [3.05, 3.63) is 41.6 Å². The van der Waals surface area contributed by atoms with Crippen molar-refractivity contribution in [1.82, 2.24) is 9.88 Å².